The average molecular weight is 329 g/mol. The molecular weight excluding hydrogens is 310 g/mol. The molecule has 0 radical (unpaired) electrons. The van der Waals surface area contributed by atoms with E-state index in [1.807, 2.05) is 17.0 Å². The van der Waals surface area contributed by atoms with Crippen molar-refractivity contribution in [1.29, 1.82) is 10.5 Å². The smallest absolute Gasteiger partial charge is 0.233 e. The first-order chi connectivity index (χ1) is 11.1. The van der Waals surface area contributed by atoms with Gasteiger partial charge in [0.25, 0.3) is 0 Å². The van der Waals surface area contributed by atoms with Crippen LogP contribution in [0.1, 0.15) is 43.7 Å². The van der Waals surface area contributed by atoms with Gasteiger partial charge >= 0.3 is 0 Å². The van der Waals surface area contributed by atoms with Crippen molar-refractivity contribution in [3.05, 3.63) is 17.2 Å². The maximum Gasteiger partial charge on any atom is 0.233 e. The van der Waals surface area contributed by atoms with E-state index in [0.717, 1.165) is 25.8 Å². The summed E-state index contributed by atoms with van der Waals surface area (Å²) in [6.45, 7) is 2.89. The Bertz CT molecular complexity index is 676. The Morgan fingerprint density at radius 3 is 2.83 bits per heavy atom. The lowest BCUT2D eigenvalue weighted by Gasteiger charge is -2.35. The number of piperidine rings is 1. The van der Waals surface area contributed by atoms with E-state index in [1.54, 1.807) is 0 Å². The van der Waals surface area contributed by atoms with E-state index in [1.165, 1.54) is 24.2 Å². The van der Waals surface area contributed by atoms with Crippen LogP contribution in [0.2, 0.25) is 0 Å². The van der Waals surface area contributed by atoms with Gasteiger partial charge < -0.3 is 10.6 Å². The second-order valence-corrected chi connectivity index (χ2v) is 6.40. The number of nitriles is 2. The number of hydrogen-bond acceptors (Lipinski definition) is 6. The minimum absolute atomic E-state index is 0.0650. The number of carbonyl (C=O) groups excluding carboxylic acids is 1. The SMILES string of the molecule is CC[C@@H]1CCCCN1C(=O)CSc1nc(N)c(C#N)cc1C#N. The summed E-state index contributed by atoms with van der Waals surface area (Å²) >= 11 is 1.21. The third-order valence-corrected chi connectivity index (χ3v) is 4.98. The molecule has 0 unspecified atom stereocenters. The van der Waals surface area contributed by atoms with Crippen LogP contribution < -0.4 is 5.73 Å². The number of nitrogens with zero attached hydrogens (tertiary/aromatic N) is 4. The molecule has 2 heterocycles. The fraction of sp³-hybridized carbons (Fsp3) is 0.500. The highest BCUT2D eigenvalue weighted by atomic mass is 32.2. The van der Waals surface area contributed by atoms with Gasteiger partial charge in [-0.2, -0.15) is 10.5 Å². The molecule has 0 bridgehead atoms. The zero-order valence-corrected chi connectivity index (χ0v) is 13.9. The van der Waals surface area contributed by atoms with Crippen LogP contribution in [0.5, 0.6) is 0 Å². The van der Waals surface area contributed by atoms with Gasteiger partial charge in [0, 0.05) is 12.6 Å². The van der Waals surface area contributed by atoms with Crippen LogP contribution in [0.3, 0.4) is 0 Å². The van der Waals surface area contributed by atoms with Crippen molar-refractivity contribution in [2.24, 2.45) is 0 Å². The molecule has 1 aliphatic rings. The van der Waals surface area contributed by atoms with E-state index < -0.39 is 0 Å². The van der Waals surface area contributed by atoms with Gasteiger partial charge in [0.1, 0.15) is 23.0 Å². The minimum Gasteiger partial charge on any atom is -0.383 e. The summed E-state index contributed by atoms with van der Waals surface area (Å²) in [6.07, 6.45) is 4.22. The van der Waals surface area contributed by atoms with Crippen LogP contribution in [0, 0.1) is 22.7 Å². The maximum atomic E-state index is 12.5. The molecule has 120 valence electrons. The average Bonchev–Trinajstić information content (AvgIpc) is 2.59. The summed E-state index contributed by atoms with van der Waals surface area (Å²) < 4.78 is 0. The largest absolute Gasteiger partial charge is 0.383 e. The second-order valence-electron chi connectivity index (χ2n) is 5.43. The molecule has 1 amide bonds. The van der Waals surface area contributed by atoms with Crippen molar-refractivity contribution in [2.75, 3.05) is 18.0 Å². The molecule has 1 aromatic heterocycles. The molecule has 7 heteroatoms. The summed E-state index contributed by atoms with van der Waals surface area (Å²) in [5.74, 6) is 0.379. The van der Waals surface area contributed by atoms with Gasteiger partial charge in [0.2, 0.25) is 5.91 Å². The van der Waals surface area contributed by atoms with E-state index in [-0.39, 0.29) is 28.6 Å². The number of rotatable bonds is 4. The lowest BCUT2D eigenvalue weighted by atomic mass is 10.0. The van der Waals surface area contributed by atoms with Gasteiger partial charge in [0.05, 0.1) is 16.9 Å². The van der Waals surface area contributed by atoms with Crippen LogP contribution in [0.25, 0.3) is 0 Å². The maximum absolute atomic E-state index is 12.5. The van der Waals surface area contributed by atoms with Gasteiger partial charge in [0.15, 0.2) is 0 Å². The topological polar surface area (TPSA) is 107 Å². The number of nitrogens with two attached hydrogens (primary N) is 1. The number of nitrogen functional groups attached to an aromatic ring is 1. The molecule has 0 saturated carbocycles. The third-order valence-electron chi connectivity index (χ3n) is 4.01. The minimum atomic E-state index is 0.0650. The van der Waals surface area contributed by atoms with Crippen molar-refractivity contribution in [1.82, 2.24) is 9.88 Å². The van der Waals surface area contributed by atoms with Crippen molar-refractivity contribution in [3.63, 3.8) is 0 Å². The molecule has 0 aromatic carbocycles. The van der Waals surface area contributed by atoms with Crippen LogP contribution in [0.4, 0.5) is 5.82 Å². The molecule has 1 atom stereocenters. The number of hydrogen-bond donors (Lipinski definition) is 1. The predicted octanol–water partition coefficient (Wildman–Crippen LogP) is 2.29. The second kappa shape index (κ2) is 7.85. The highest BCUT2D eigenvalue weighted by molar-refractivity contribution is 8.00. The summed E-state index contributed by atoms with van der Waals surface area (Å²) in [6, 6.07) is 5.64. The third kappa shape index (κ3) is 3.94. The number of thioether (sulfide) groups is 1. The zero-order valence-electron chi connectivity index (χ0n) is 13.1. The molecule has 2 N–H and O–H groups in total. The summed E-state index contributed by atoms with van der Waals surface area (Å²) in [7, 11) is 0. The summed E-state index contributed by atoms with van der Waals surface area (Å²) in [5.41, 5.74) is 6.15. The Hall–Kier alpha value is -2.25. The van der Waals surface area contributed by atoms with Crippen LogP contribution in [0.15, 0.2) is 11.1 Å². The van der Waals surface area contributed by atoms with E-state index in [0.29, 0.717) is 11.1 Å². The molecule has 1 aromatic rings. The van der Waals surface area contributed by atoms with Gasteiger partial charge in [-0.3, -0.25) is 4.79 Å². The molecule has 6 nitrogen and oxygen atoms in total. The quantitative estimate of drug-likeness (QED) is 0.849. The van der Waals surface area contributed by atoms with E-state index in [4.69, 9.17) is 11.0 Å². The fourth-order valence-corrected chi connectivity index (χ4v) is 3.60. The number of anilines is 1. The fourth-order valence-electron chi connectivity index (χ4n) is 2.76. The Kier molecular flexibility index (Phi) is 5.84. The number of pyridine rings is 1. The van der Waals surface area contributed by atoms with Gasteiger partial charge in [-0.15, -0.1) is 0 Å². The summed E-state index contributed by atoms with van der Waals surface area (Å²) in [5, 5.41) is 18.5. The molecule has 2 rings (SSSR count). The predicted molar refractivity (Wildman–Crippen MR) is 88.4 cm³/mol. The lowest BCUT2D eigenvalue weighted by Crippen LogP contribution is -2.44. The number of aromatic nitrogens is 1. The van der Waals surface area contributed by atoms with Gasteiger partial charge in [-0.25, -0.2) is 4.98 Å². The number of likely N-dealkylation sites (tertiary alicyclic amines) is 1. The van der Waals surface area contributed by atoms with Gasteiger partial charge in [-0.05, 0) is 31.7 Å². The standard InChI is InChI=1S/C16H19N5OS/c1-2-13-5-3-4-6-21(13)14(22)10-23-16-12(9-18)7-11(8-17)15(19)20-16/h7,13H,2-6,10H2,1H3,(H2,19,20)/t13-/m1/s1. The summed E-state index contributed by atoms with van der Waals surface area (Å²) in [4.78, 5) is 18.5. The van der Waals surface area contributed by atoms with Crippen molar-refractivity contribution < 1.29 is 4.79 Å². The zero-order chi connectivity index (χ0) is 16.8. The van der Waals surface area contributed by atoms with Crippen LogP contribution >= 0.6 is 11.8 Å². The van der Waals surface area contributed by atoms with Crippen molar-refractivity contribution >= 4 is 23.5 Å². The molecule has 1 fully saturated rings. The highest BCUT2D eigenvalue weighted by Crippen LogP contribution is 2.26. The molecule has 1 aliphatic heterocycles. The Labute approximate surface area is 140 Å². The van der Waals surface area contributed by atoms with E-state index in [9.17, 15) is 10.1 Å². The molecule has 1 saturated heterocycles. The first-order valence-electron chi connectivity index (χ1n) is 7.63. The first kappa shape index (κ1) is 17.1. The number of carbonyl (C=O) groups is 1. The number of amides is 1. The van der Waals surface area contributed by atoms with Crippen LogP contribution in [-0.4, -0.2) is 34.1 Å². The van der Waals surface area contributed by atoms with Gasteiger partial charge in [-0.1, -0.05) is 18.7 Å². The van der Waals surface area contributed by atoms with Crippen LogP contribution in [-0.2, 0) is 4.79 Å². The first-order valence-corrected chi connectivity index (χ1v) is 8.62. The van der Waals surface area contributed by atoms with Crippen molar-refractivity contribution in [2.45, 2.75) is 43.7 Å². The molecular formula is C16H19N5OS. The highest BCUT2D eigenvalue weighted by Gasteiger charge is 2.25. The Morgan fingerprint density at radius 1 is 1.43 bits per heavy atom. The molecule has 0 spiro atoms. The monoisotopic (exact) mass is 329 g/mol. The molecule has 23 heavy (non-hydrogen) atoms. The lowest BCUT2D eigenvalue weighted by molar-refractivity contribution is -0.132. The Balaban J connectivity index is 2.08. The van der Waals surface area contributed by atoms with E-state index in [2.05, 4.69) is 11.9 Å². The Morgan fingerprint density at radius 2 is 2.17 bits per heavy atom. The van der Waals surface area contributed by atoms with E-state index >= 15 is 0 Å². The van der Waals surface area contributed by atoms with Crippen molar-refractivity contribution in [3.8, 4) is 12.1 Å². The normalized spacial score (nSPS) is 17.3. The molecule has 0 aliphatic carbocycles.